The van der Waals surface area contributed by atoms with E-state index in [1.165, 1.54) is 0 Å². The standard InChI is InChI=1S/C8H6NO.Eu/c10-6-2-4-8-3-1-5-9-7-8;/h1-5,7H;. The van der Waals surface area contributed by atoms with Crippen LogP contribution in [-0.2, 0) is 4.79 Å². The first-order valence-electron chi connectivity index (χ1n) is 3.06. The van der Waals surface area contributed by atoms with Gasteiger partial charge in [-0.1, -0.05) is 0 Å². The van der Waals surface area contributed by atoms with Gasteiger partial charge in [-0.25, -0.2) is 0 Å². The Bertz CT molecular complexity index is 269. The molecule has 3 heteroatoms. The molecule has 2 nitrogen and oxygen atoms in total. The summed E-state index contributed by atoms with van der Waals surface area (Å²) >= 11 is 1.15. The van der Waals surface area contributed by atoms with E-state index in [1.807, 2.05) is 12.1 Å². The molecule has 0 fully saturated rings. The molecule has 0 bridgehead atoms. The van der Waals surface area contributed by atoms with Crippen LogP contribution in [0.25, 0.3) is 6.08 Å². The molecule has 0 spiro atoms. The number of hydrogen-bond acceptors (Lipinski definition) is 2. The normalized spacial score (nSPS) is 10.3. The number of pyridine rings is 1. The van der Waals surface area contributed by atoms with Gasteiger partial charge in [0.15, 0.2) is 0 Å². The van der Waals surface area contributed by atoms with Gasteiger partial charge in [-0.3, -0.25) is 0 Å². The zero-order valence-electron chi connectivity index (χ0n) is 5.70. The van der Waals surface area contributed by atoms with Gasteiger partial charge >= 0.3 is 99.2 Å². The second-order valence-corrected chi connectivity index (χ2v) is 3.12. The molecule has 1 aromatic rings. The number of allylic oxidation sites excluding steroid dienone is 1. The summed E-state index contributed by atoms with van der Waals surface area (Å²) in [6, 6.07) is 3.74. The summed E-state index contributed by atoms with van der Waals surface area (Å²) in [6.07, 6.45) is 6.73. The molecule has 0 aliphatic heterocycles. The Balaban J connectivity index is 2.72. The topological polar surface area (TPSA) is 30.0 Å². The monoisotopic (exact) mass is 285 g/mol. The Morgan fingerprint density at radius 3 is 3.00 bits per heavy atom. The number of carbonyl (C=O) groups excluding carboxylic acids is 1. The molecule has 0 radical (unpaired) electrons. The van der Waals surface area contributed by atoms with E-state index in [1.54, 1.807) is 24.5 Å². The Morgan fingerprint density at radius 2 is 2.45 bits per heavy atom. The summed E-state index contributed by atoms with van der Waals surface area (Å²) < 4.78 is 0.105. The molecule has 0 amide bonds. The van der Waals surface area contributed by atoms with E-state index in [4.69, 9.17) is 0 Å². The van der Waals surface area contributed by atoms with E-state index in [-0.39, 0.29) is 0.177 Å². The molecule has 0 aliphatic rings. The summed E-state index contributed by atoms with van der Waals surface area (Å²) in [4.78, 5) is 14.4. The van der Waals surface area contributed by atoms with Gasteiger partial charge in [0.1, 0.15) is 0 Å². The van der Waals surface area contributed by atoms with E-state index in [2.05, 4.69) is 4.98 Å². The van der Waals surface area contributed by atoms with Crippen LogP contribution in [0.2, 0.25) is 0 Å². The molecular formula is C8H6EuNO. The number of carbonyl (C=O) groups is 1. The molecular weight excluding hydrogens is 278 g/mol. The third-order valence-corrected chi connectivity index (χ3v) is 1.50. The van der Waals surface area contributed by atoms with Gasteiger partial charge in [-0.05, 0) is 0 Å². The summed E-state index contributed by atoms with van der Waals surface area (Å²) in [7, 11) is 0. The van der Waals surface area contributed by atoms with Crippen molar-refractivity contribution in [3.8, 4) is 0 Å². The van der Waals surface area contributed by atoms with Gasteiger partial charge in [0.25, 0.3) is 0 Å². The number of aromatic nitrogens is 1. The average molecular weight is 284 g/mol. The van der Waals surface area contributed by atoms with Crippen LogP contribution in [0.4, 0.5) is 0 Å². The van der Waals surface area contributed by atoms with E-state index in [0.717, 1.165) is 52.6 Å². The molecule has 0 aliphatic carbocycles. The van der Waals surface area contributed by atoms with Crippen LogP contribution >= 0.6 is 0 Å². The van der Waals surface area contributed by atoms with Gasteiger partial charge in [0.2, 0.25) is 0 Å². The van der Waals surface area contributed by atoms with Crippen LogP contribution in [0.15, 0.2) is 30.6 Å². The summed E-state index contributed by atoms with van der Waals surface area (Å²) in [5, 5.41) is 0. The van der Waals surface area contributed by atoms with Crippen molar-refractivity contribution in [1.29, 1.82) is 0 Å². The first-order chi connectivity index (χ1) is 5.29. The van der Waals surface area contributed by atoms with Crippen LogP contribution in [0, 0.1) is 47.0 Å². The Kier molecular flexibility index (Phi) is 4.12. The predicted molar refractivity (Wildman–Crippen MR) is 38.3 cm³/mol. The van der Waals surface area contributed by atoms with Crippen LogP contribution in [0.3, 0.4) is 0 Å². The van der Waals surface area contributed by atoms with Gasteiger partial charge < -0.3 is 0 Å². The maximum absolute atomic E-state index is 10.5. The van der Waals surface area contributed by atoms with Crippen LogP contribution in [0.5, 0.6) is 0 Å². The van der Waals surface area contributed by atoms with Gasteiger partial charge in [-0.15, -0.1) is 0 Å². The van der Waals surface area contributed by atoms with Crippen molar-refractivity contribution in [2.75, 3.05) is 0 Å². The molecule has 0 saturated carbocycles. The summed E-state index contributed by atoms with van der Waals surface area (Å²) in [5.41, 5.74) is 0.956. The fourth-order valence-corrected chi connectivity index (χ4v) is 0.838. The Hall–Kier alpha value is 0.144. The molecule has 0 N–H and O–H groups in total. The van der Waals surface area contributed by atoms with Crippen molar-refractivity contribution in [3.05, 3.63) is 36.2 Å². The van der Waals surface area contributed by atoms with Crippen LogP contribution in [-0.4, -0.2) is 5.16 Å². The van der Waals surface area contributed by atoms with E-state index < -0.39 is 0 Å². The minimum atomic E-state index is 0.105. The van der Waals surface area contributed by atoms with E-state index >= 15 is 0 Å². The summed E-state index contributed by atoms with van der Waals surface area (Å²) in [5.74, 6) is 0. The first-order valence-corrected chi connectivity index (χ1v) is 4.28. The fourth-order valence-electron chi connectivity index (χ4n) is 0.636. The van der Waals surface area contributed by atoms with Crippen molar-refractivity contribution < 1.29 is 51.8 Å². The second kappa shape index (κ2) is 4.91. The quantitative estimate of drug-likeness (QED) is 0.763. The van der Waals surface area contributed by atoms with Gasteiger partial charge in [0, 0.05) is 0 Å². The number of hydrogen-bond donors (Lipinski definition) is 0. The first kappa shape index (κ1) is 9.23. The third kappa shape index (κ3) is 3.89. The molecule has 56 valence electrons. The second-order valence-electron chi connectivity index (χ2n) is 1.92. The molecule has 1 heterocycles. The predicted octanol–water partition coefficient (Wildman–Crippen LogP) is 1.17. The number of rotatable bonds is 2. The molecule has 11 heavy (non-hydrogen) atoms. The zero-order chi connectivity index (χ0) is 8.10. The molecule has 0 unspecified atom stereocenters. The van der Waals surface area contributed by atoms with Crippen molar-refractivity contribution in [1.82, 2.24) is 4.98 Å². The SMILES string of the molecule is O=[C]([Eu])C=Cc1cccnc1. The minimum absolute atomic E-state index is 0.105. The summed E-state index contributed by atoms with van der Waals surface area (Å²) in [6.45, 7) is 0. The van der Waals surface area contributed by atoms with Crippen molar-refractivity contribution in [3.63, 3.8) is 0 Å². The van der Waals surface area contributed by atoms with Crippen LogP contribution in [0.1, 0.15) is 5.56 Å². The third-order valence-electron chi connectivity index (χ3n) is 1.09. The zero-order valence-corrected chi connectivity index (χ0v) is 8.12. The molecule has 0 aromatic carbocycles. The van der Waals surface area contributed by atoms with Crippen molar-refractivity contribution in [2.45, 2.75) is 0 Å². The molecule has 0 atom stereocenters. The maximum atomic E-state index is 10.5. The van der Waals surface area contributed by atoms with E-state index in [9.17, 15) is 4.79 Å². The Labute approximate surface area is 97.8 Å². The van der Waals surface area contributed by atoms with E-state index in [0.29, 0.717) is 0 Å². The average Bonchev–Trinajstić information content (AvgIpc) is 2.03. The van der Waals surface area contributed by atoms with Crippen molar-refractivity contribution >= 4 is 6.25 Å². The van der Waals surface area contributed by atoms with Gasteiger partial charge in [0.05, 0.1) is 0 Å². The number of nitrogens with zero attached hydrogens (tertiary/aromatic N) is 1. The Morgan fingerprint density at radius 1 is 1.64 bits per heavy atom. The van der Waals surface area contributed by atoms with Gasteiger partial charge in [-0.2, -0.15) is 0 Å². The molecule has 0 saturated heterocycles. The fraction of sp³-hybridized carbons (Fsp3) is 0. The molecule has 1 rings (SSSR count). The van der Waals surface area contributed by atoms with Crippen LogP contribution < -0.4 is 0 Å². The van der Waals surface area contributed by atoms with Crippen molar-refractivity contribution in [2.24, 2.45) is 0 Å². The molecule has 1 aromatic heterocycles.